The Morgan fingerprint density at radius 1 is 1.43 bits per heavy atom. The first kappa shape index (κ1) is 16.4. The molecule has 21 heavy (non-hydrogen) atoms. The van der Waals surface area contributed by atoms with Gasteiger partial charge in [-0.25, -0.2) is 17.9 Å². The van der Waals surface area contributed by atoms with Crippen LogP contribution in [-0.4, -0.2) is 37.8 Å². The van der Waals surface area contributed by atoms with Crippen molar-refractivity contribution in [2.24, 2.45) is 5.41 Å². The molecule has 0 radical (unpaired) electrons. The highest BCUT2D eigenvalue weighted by Crippen LogP contribution is 2.44. The van der Waals surface area contributed by atoms with Gasteiger partial charge in [0.05, 0.1) is 10.5 Å². The molecule has 0 saturated heterocycles. The van der Waals surface area contributed by atoms with E-state index in [0.717, 1.165) is 18.9 Å². The average molecular weight is 378 g/mol. The lowest BCUT2D eigenvalue weighted by molar-refractivity contribution is 0.0695. The van der Waals surface area contributed by atoms with E-state index in [2.05, 4.69) is 20.7 Å². The Kier molecular flexibility index (Phi) is 4.44. The molecule has 1 aliphatic rings. The van der Waals surface area contributed by atoms with Crippen LogP contribution >= 0.6 is 15.9 Å². The van der Waals surface area contributed by atoms with Gasteiger partial charge in [0.15, 0.2) is 0 Å². The van der Waals surface area contributed by atoms with Gasteiger partial charge < -0.3 is 10.2 Å². The number of carbonyl (C=O) groups is 1. The van der Waals surface area contributed by atoms with E-state index in [-0.39, 0.29) is 29.0 Å². The SMILES string of the molecule is Cc1c(Br)cc(S(=O)(=O)NCC2(CO)CC2)cc1C(=O)O. The quantitative estimate of drug-likeness (QED) is 0.696. The molecule has 0 amide bonds. The number of rotatable bonds is 6. The number of hydrogen-bond donors (Lipinski definition) is 3. The zero-order valence-corrected chi connectivity index (χ0v) is 13.8. The molecule has 1 aromatic rings. The summed E-state index contributed by atoms with van der Waals surface area (Å²) in [6.45, 7) is 1.69. The number of sulfonamides is 1. The van der Waals surface area contributed by atoms with E-state index >= 15 is 0 Å². The molecule has 116 valence electrons. The summed E-state index contributed by atoms with van der Waals surface area (Å²) in [7, 11) is -3.81. The summed E-state index contributed by atoms with van der Waals surface area (Å²) in [5, 5.41) is 18.3. The van der Waals surface area contributed by atoms with E-state index in [0.29, 0.717) is 10.0 Å². The first-order valence-electron chi connectivity index (χ1n) is 6.35. The first-order valence-corrected chi connectivity index (χ1v) is 8.62. The molecule has 0 atom stereocenters. The van der Waals surface area contributed by atoms with Gasteiger partial charge in [0.25, 0.3) is 0 Å². The molecule has 3 N–H and O–H groups in total. The van der Waals surface area contributed by atoms with Crippen LogP contribution in [0.4, 0.5) is 0 Å². The highest BCUT2D eigenvalue weighted by Gasteiger charge is 2.42. The van der Waals surface area contributed by atoms with Gasteiger partial charge in [-0.2, -0.15) is 0 Å². The van der Waals surface area contributed by atoms with Crippen molar-refractivity contribution in [3.63, 3.8) is 0 Å². The third-order valence-electron chi connectivity index (χ3n) is 3.79. The second kappa shape index (κ2) is 5.68. The highest BCUT2D eigenvalue weighted by atomic mass is 79.9. The number of aliphatic hydroxyl groups excluding tert-OH is 1. The third-order valence-corrected chi connectivity index (χ3v) is 5.99. The van der Waals surface area contributed by atoms with Gasteiger partial charge in [-0.15, -0.1) is 0 Å². The Labute approximate surface area is 131 Å². The molecule has 1 fully saturated rings. The van der Waals surface area contributed by atoms with Crippen molar-refractivity contribution in [1.29, 1.82) is 0 Å². The number of carboxylic acid groups (broad SMARTS) is 1. The Morgan fingerprint density at radius 3 is 2.52 bits per heavy atom. The maximum absolute atomic E-state index is 12.3. The molecule has 0 aliphatic heterocycles. The van der Waals surface area contributed by atoms with Crippen molar-refractivity contribution < 1.29 is 23.4 Å². The van der Waals surface area contributed by atoms with Crippen LogP contribution in [0.1, 0.15) is 28.8 Å². The van der Waals surface area contributed by atoms with Crippen molar-refractivity contribution in [2.75, 3.05) is 13.2 Å². The molecule has 0 spiro atoms. The van der Waals surface area contributed by atoms with Gasteiger partial charge in [-0.05, 0) is 37.5 Å². The van der Waals surface area contributed by atoms with E-state index < -0.39 is 16.0 Å². The zero-order chi connectivity index (χ0) is 15.8. The molecule has 1 aliphatic carbocycles. The molecule has 0 bridgehead atoms. The van der Waals surface area contributed by atoms with Gasteiger partial charge in [0.2, 0.25) is 10.0 Å². The van der Waals surface area contributed by atoms with Gasteiger partial charge in [0, 0.05) is 23.0 Å². The number of halogens is 1. The summed E-state index contributed by atoms with van der Waals surface area (Å²) < 4.78 is 27.4. The second-order valence-electron chi connectivity index (χ2n) is 5.37. The molecule has 0 aromatic heterocycles. The van der Waals surface area contributed by atoms with Gasteiger partial charge in [0.1, 0.15) is 0 Å². The zero-order valence-electron chi connectivity index (χ0n) is 11.4. The fraction of sp³-hybridized carbons (Fsp3) is 0.462. The molecule has 2 rings (SSSR count). The molecular weight excluding hydrogens is 362 g/mol. The lowest BCUT2D eigenvalue weighted by atomic mass is 10.1. The lowest BCUT2D eigenvalue weighted by Crippen LogP contribution is -2.32. The second-order valence-corrected chi connectivity index (χ2v) is 7.99. The van der Waals surface area contributed by atoms with E-state index in [1.165, 1.54) is 6.07 Å². The fourth-order valence-electron chi connectivity index (χ4n) is 1.93. The Morgan fingerprint density at radius 2 is 2.05 bits per heavy atom. The number of aliphatic hydroxyl groups is 1. The van der Waals surface area contributed by atoms with Gasteiger partial charge in [-0.1, -0.05) is 15.9 Å². The smallest absolute Gasteiger partial charge is 0.336 e. The van der Waals surface area contributed by atoms with Crippen molar-refractivity contribution >= 4 is 31.9 Å². The summed E-state index contributed by atoms with van der Waals surface area (Å²) in [6, 6.07) is 2.52. The van der Waals surface area contributed by atoms with Gasteiger partial charge >= 0.3 is 5.97 Å². The monoisotopic (exact) mass is 377 g/mol. The summed E-state index contributed by atoms with van der Waals surface area (Å²) in [6.07, 6.45) is 1.56. The third kappa shape index (κ3) is 3.45. The van der Waals surface area contributed by atoms with E-state index in [4.69, 9.17) is 5.11 Å². The van der Waals surface area contributed by atoms with Crippen LogP contribution < -0.4 is 4.72 Å². The summed E-state index contributed by atoms with van der Waals surface area (Å²) in [4.78, 5) is 11.1. The minimum absolute atomic E-state index is 0.0620. The standard InChI is InChI=1S/C13H16BrNO5S/c1-8-10(12(17)18)4-9(5-11(8)14)21(19,20)15-6-13(7-16)2-3-13/h4-5,15-16H,2-3,6-7H2,1H3,(H,17,18). The number of nitrogens with one attached hydrogen (secondary N) is 1. The number of benzene rings is 1. The van der Waals surface area contributed by atoms with Crippen LogP contribution in [-0.2, 0) is 10.0 Å². The van der Waals surface area contributed by atoms with Crippen LogP contribution in [0.5, 0.6) is 0 Å². The van der Waals surface area contributed by atoms with Crippen LogP contribution in [0.25, 0.3) is 0 Å². The normalized spacial score (nSPS) is 16.7. The van der Waals surface area contributed by atoms with Crippen molar-refractivity contribution in [1.82, 2.24) is 4.72 Å². The number of hydrogen-bond acceptors (Lipinski definition) is 4. The molecule has 6 nitrogen and oxygen atoms in total. The predicted molar refractivity (Wildman–Crippen MR) is 79.8 cm³/mol. The largest absolute Gasteiger partial charge is 0.478 e. The Balaban J connectivity index is 2.30. The average Bonchev–Trinajstić information content (AvgIpc) is 3.20. The van der Waals surface area contributed by atoms with Gasteiger partial charge in [-0.3, -0.25) is 0 Å². The van der Waals surface area contributed by atoms with Crippen LogP contribution in [0.15, 0.2) is 21.5 Å². The minimum Gasteiger partial charge on any atom is -0.478 e. The summed E-state index contributed by atoms with van der Waals surface area (Å²) in [5.41, 5.74) is 0.0495. The molecule has 1 aromatic carbocycles. The number of carboxylic acids is 1. The Hall–Kier alpha value is -0.960. The molecule has 0 heterocycles. The summed E-state index contributed by atoms with van der Waals surface area (Å²) >= 11 is 3.18. The van der Waals surface area contributed by atoms with Crippen molar-refractivity contribution in [3.05, 3.63) is 27.7 Å². The minimum atomic E-state index is -3.81. The maximum atomic E-state index is 12.3. The molecule has 1 saturated carbocycles. The first-order chi connectivity index (χ1) is 9.71. The lowest BCUT2D eigenvalue weighted by Gasteiger charge is -2.14. The van der Waals surface area contributed by atoms with Crippen LogP contribution in [0.2, 0.25) is 0 Å². The van der Waals surface area contributed by atoms with Crippen LogP contribution in [0.3, 0.4) is 0 Å². The molecule has 0 unspecified atom stereocenters. The fourth-order valence-corrected chi connectivity index (χ4v) is 3.75. The topological polar surface area (TPSA) is 104 Å². The molecule has 8 heteroatoms. The predicted octanol–water partition coefficient (Wildman–Crippen LogP) is 1.51. The van der Waals surface area contributed by atoms with Crippen molar-refractivity contribution in [3.8, 4) is 0 Å². The van der Waals surface area contributed by atoms with E-state index in [1.807, 2.05) is 0 Å². The molecular formula is C13H16BrNO5S. The van der Waals surface area contributed by atoms with E-state index in [1.54, 1.807) is 6.92 Å². The Bertz CT molecular complexity index is 682. The van der Waals surface area contributed by atoms with Crippen molar-refractivity contribution in [2.45, 2.75) is 24.7 Å². The maximum Gasteiger partial charge on any atom is 0.336 e. The summed E-state index contributed by atoms with van der Waals surface area (Å²) in [5.74, 6) is -1.18. The van der Waals surface area contributed by atoms with E-state index in [9.17, 15) is 18.3 Å². The highest BCUT2D eigenvalue weighted by molar-refractivity contribution is 9.10. The number of aromatic carboxylic acids is 1. The van der Waals surface area contributed by atoms with Crippen LogP contribution in [0, 0.1) is 12.3 Å².